The highest BCUT2D eigenvalue weighted by atomic mass is 79.9. The Morgan fingerprint density at radius 2 is 2.04 bits per heavy atom. The maximum atomic E-state index is 13.5. The Hall–Kier alpha value is -1.73. The van der Waals surface area contributed by atoms with Crippen molar-refractivity contribution in [2.75, 3.05) is 18.6 Å². The maximum Gasteiger partial charge on any atom is 0.186 e. The number of nitrogens with zero attached hydrogens (tertiary/aromatic N) is 2. The van der Waals surface area contributed by atoms with Gasteiger partial charge in [-0.15, -0.1) is 0 Å². The van der Waals surface area contributed by atoms with E-state index in [1.54, 1.807) is 7.11 Å². The predicted octanol–water partition coefficient (Wildman–Crippen LogP) is 5.69. The molecule has 3 nitrogen and oxygen atoms in total. The Balaban J connectivity index is 1.75. The molecule has 1 atom stereocenters. The second kappa shape index (κ2) is 6.53. The van der Waals surface area contributed by atoms with Crippen molar-refractivity contribution in [3.8, 4) is 5.75 Å². The van der Waals surface area contributed by atoms with Gasteiger partial charge >= 0.3 is 0 Å². The van der Waals surface area contributed by atoms with E-state index in [1.807, 2.05) is 12.1 Å². The number of hydrogen-bond donors (Lipinski definition) is 0. The SMILES string of the molecule is COc1cc(Br)ccc1C1CCCN1c1nc2cc(F)c(F)cc2s1. The van der Waals surface area contributed by atoms with Gasteiger partial charge in [0.05, 0.1) is 23.4 Å². The molecule has 130 valence electrons. The number of hydrogen-bond acceptors (Lipinski definition) is 4. The lowest BCUT2D eigenvalue weighted by Crippen LogP contribution is -2.22. The molecule has 4 rings (SSSR count). The van der Waals surface area contributed by atoms with Crippen LogP contribution in [0, 0.1) is 11.6 Å². The smallest absolute Gasteiger partial charge is 0.186 e. The molecule has 0 spiro atoms. The maximum absolute atomic E-state index is 13.5. The van der Waals surface area contributed by atoms with Crippen LogP contribution in [0.4, 0.5) is 13.9 Å². The first-order chi connectivity index (χ1) is 12.1. The van der Waals surface area contributed by atoms with Gasteiger partial charge in [0, 0.05) is 22.6 Å². The fourth-order valence-electron chi connectivity index (χ4n) is 3.31. The van der Waals surface area contributed by atoms with Gasteiger partial charge in [0.15, 0.2) is 16.8 Å². The number of anilines is 1. The average molecular weight is 425 g/mol. The second-order valence-electron chi connectivity index (χ2n) is 5.97. The monoisotopic (exact) mass is 424 g/mol. The summed E-state index contributed by atoms with van der Waals surface area (Å²) in [6.45, 7) is 0.856. The van der Waals surface area contributed by atoms with Crippen molar-refractivity contribution in [2.45, 2.75) is 18.9 Å². The van der Waals surface area contributed by atoms with Gasteiger partial charge in [0.1, 0.15) is 5.75 Å². The van der Waals surface area contributed by atoms with Crippen molar-refractivity contribution < 1.29 is 13.5 Å². The van der Waals surface area contributed by atoms with E-state index in [9.17, 15) is 8.78 Å². The molecule has 2 aromatic carbocycles. The molecule has 0 saturated carbocycles. The first-order valence-electron chi connectivity index (χ1n) is 7.92. The molecular weight excluding hydrogens is 410 g/mol. The first-order valence-corrected chi connectivity index (χ1v) is 9.53. The zero-order valence-electron chi connectivity index (χ0n) is 13.4. The number of methoxy groups -OCH3 is 1. The highest BCUT2D eigenvalue weighted by Gasteiger charge is 2.30. The Morgan fingerprint density at radius 3 is 2.84 bits per heavy atom. The highest BCUT2D eigenvalue weighted by molar-refractivity contribution is 9.10. The third-order valence-electron chi connectivity index (χ3n) is 4.47. The second-order valence-corrected chi connectivity index (χ2v) is 7.89. The van der Waals surface area contributed by atoms with Crippen molar-refractivity contribution >= 4 is 42.6 Å². The minimum Gasteiger partial charge on any atom is -0.496 e. The third-order valence-corrected chi connectivity index (χ3v) is 6.02. The van der Waals surface area contributed by atoms with Crippen molar-refractivity contribution in [3.63, 3.8) is 0 Å². The number of halogens is 3. The largest absolute Gasteiger partial charge is 0.496 e. The van der Waals surface area contributed by atoms with E-state index < -0.39 is 11.6 Å². The summed E-state index contributed by atoms with van der Waals surface area (Å²) in [4.78, 5) is 6.73. The van der Waals surface area contributed by atoms with Crippen LogP contribution in [0.1, 0.15) is 24.4 Å². The van der Waals surface area contributed by atoms with Crippen molar-refractivity contribution in [1.29, 1.82) is 0 Å². The summed E-state index contributed by atoms with van der Waals surface area (Å²) in [6, 6.07) is 8.52. The van der Waals surface area contributed by atoms with Gasteiger partial charge < -0.3 is 9.64 Å². The van der Waals surface area contributed by atoms with Crippen LogP contribution in [0.5, 0.6) is 5.75 Å². The van der Waals surface area contributed by atoms with Crippen LogP contribution in [0.15, 0.2) is 34.8 Å². The molecule has 3 aromatic rings. The Morgan fingerprint density at radius 1 is 1.24 bits per heavy atom. The van der Waals surface area contributed by atoms with E-state index in [4.69, 9.17) is 4.74 Å². The minimum atomic E-state index is -0.864. The first kappa shape index (κ1) is 16.7. The van der Waals surface area contributed by atoms with Gasteiger partial charge in [-0.05, 0) is 31.0 Å². The Bertz CT molecular complexity index is 907. The summed E-state index contributed by atoms with van der Waals surface area (Å²) in [5.41, 5.74) is 1.59. The standard InChI is InChI=1S/C18H15BrF2N2OS/c1-24-16-7-10(19)4-5-11(16)15-3-2-6-23(15)18-22-14-8-12(20)13(21)9-17(14)25-18/h4-5,7-9,15H,2-3,6H2,1H3. The van der Waals surface area contributed by atoms with Crippen molar-refractivity contribution in [2.24, 2.45) is 0 Å². The summed E-state index contributed by atoms with van der Waals surface area (Å²) in [5, 5.41) is 0.785. The number of benzene rings is 2. The molecule has 0 radical (unpaired) electrons. The van der Waals surface area contributed by atoms with Gasteiger partial charge in [-0.3, -0.25) is 0 Å². The molecular formula is C18H15BrF2N2OS. The number of rotatable bonds is 3. The molecule has 1 unspecified atom stereocenters. The minimum absolute atomic E-state index is 0.137. The topological polar surface area (TPSA) is 25.4 Å². The fraction of sp³-hybridized carbons (Fsp3) is 0.278. The molecule has 0 N–H and O–H groups in total. The van der Waals surface area contributed by atoms with Crippen molar-refractivity contribution in [1.82, 2.24) is 4.98 Å². The normalized spacial score (nSPS) is 17.4. The summed E-state index contributed by atoms with van der Waals surface area (Å²) in [5.74, 6) is -0.878. The predicted molar refractivity (Wildman–Crippen MR) is 99.6 cm³/mol. The van der Waals surface area contributed by atoms with E-state index in [-0.39, 0.29) is 6.04 Å². The van der Waals surface area contributed by atoms with Crippen LogP contribution in [-0.2, 0) is 0 Å². The van der Waals surface area contributed by atoms with E-state index in [1.165, 1.54) is 17.4 Å². The van der Waals surface area contributed by atoms with Gasteiger partial charge in [-0.1, -0.05) is 33.3 Å². The van der Waals surface area contributed by atoms with Crippen LogP contribution < -0.4 is 9.64 Å². The molecule has 2 heterocycles. The summed E-state index contributed by atoms with van der Waals surface area (Å²) < 4.78 is 34.1. The van der Waals surface area contributed by atoms with Crippen LogP contribution >= 0.6 is 27.3 Å². The lowest BCUT2D eigenvalue weighted by Gasteiger charge is -2.25. The number of thiazole rings is 1. The van der Waals surface area contributed by atoms with Crippen LogP contribution in [0.3, 0.4) is 0 Å². The molecule has 1 fully saturated rings. The summed E-state index contributed by atoms with van der Waals surface area (Å²) in [7, 11) is 1.66. The van der Waals surface area contributed by atoms with Gasteiger partial charge in [0.2, 0.25) is 0 Å². The quantitative estimate of drug-likeness (QED) is 0.540. The zero-order chi connectivity index (χ0) is 17.6. The Labute approximate surface area is 156 Å². The number of aromatic nitrogens is 1. The molecule has 1 aliphatic heterocycles. The van der Waals surface area contributed by atoms with E-state index >= 15 is 0 Å². The molecule has 1 aliphatic rings. The molecule has 0 amide bonds. The lowest BCUT2D eigenvalue weighted by atomic mass is 10.0. The van der Waals surface area contributed by atoms with E-state index in [0.29, 0.717) is 10.2 Å². The van der Waals surface area contributed by atoms with Gasteiger partial charge in [-0.25, -0.2) is 13.8 Å². The average Bonchev–Trinajstić information content (AvgIpc) is 3.21. The summed E-state index contributed by atoms with van der Waals surface area (Å²) in [6.07, 6.45) is 2.01. The van der Waals surface area contributed by atoms with E-state index in [0.717, 1.165) is 46.4 Å². The van der Waals surface area contributed by atoms with Gasteiger partial charge in [-0.2, -0.15) is 0 Å². The number of fused-ring (bicyclic) bond motifs is 1. The fourth-order valence-corrected chi connectivity index (χ4v) is 4.70. The number of ether oxygens (including phenoxy) is 1. The molecule has 1 saturated heterocycles. The summed E-state index contributed by atoms with van der Waals surface area (Å²) >= 11 is 4.86. The Kier molecular flexibility index (Phi) is 4.37. The molecule has 1 aromatic heterocycles. The van der Waals surface area contributed by atoms with Crippen LogP contribution in [-0.4, -0.2) is 18.6 Å². The molecule has 0 aliphatic carbocycles. The third kappa shape index (κ3) is 3.00. The van der Waals surface area contributed by atoms with Crippen LogP contribution in [0.2, 0.25) is 0 Å². The molecule has 25 heavy (non-hydrogen) atoms. The van der Waals surface area contributed by atoms with Crippen LogP contribution in [0.25, 0.3) is 10.2 Å². The van der Waals surface area contributed by atoms with Crippen molar-refractivity contribution in [3.05, 3.63) is 52.0 Å². The molecule has 0 bridgehead atoms. The lowest BCUT2D eigenvalue weighted by molar-refractivity contribution is 0.405. The van der Waals surface area contributed by atoms with Gasteiger partial charge in [0.25, 0.3) is 0 Å². The highest BCUT2D eigenvalue weighted by Crippen LogP contribution is 2.43. The zero-order valence-corrected chi connectivity index (χ0v) is 15.8. The molecule has 7 heteroatoms. The van der Waals surface area contributed by atoms with E-state index in [2.05, 4.69) is 31.9 Å².